The lowest BCUT2D eigenvalue weighted by Gasteiger charge is -2.15. The minimum Gasteiger partial charge on any atom is -0.480 e. The van der Waals surface area contributed by atoms with Gasteiger partial charge < -0.3 is 10.4 Å². The molecular formula is C15H19N3O5S. The second kappa shape index (κ2) is 7.00. The lowest BCUT2D eigenvalue weighted by Crippen LogP contribution is -2.42. The van der Waals surface area contributed by atoms with Gasteiger partial charge in [0.25, 0.3) is 10.0 Å². The molecular weight excluding hydrogens is 334 g/mol. The molecule has 1 aliphatic heterocycles. The fourth-order valence-electron chi connectivity index (χ4n) is 2.34. The number of carbonyl (C=O) groups excluding carboxylic acids is 1. The first-order valence-electron chi connectivity index (χ1n) is 7.39. The molecule has 8 nitrogen and oxygen atoms in total. The topological polar surface area (TPSA) is 125 Å². The van der Waals surface area contributed by atoms with Crippen molar-refractivity contribution in [1.29, 1.82) is 0 Å². The van der Waals surface area contributed by atoms with Gasteiger partial charge in [-0.2, -0.15) is 0 Å². The molecule has 1 unspecified atom stereocenters. The van der Waals surface area contributed by atoms with Crippen molar-refractivity contribution in [1.82, 2.24) is 10.0 Å². The molecule has 1 heterocycles. The van der Waals surface area contributed by atoms with Crippen molar-refractivity contribution in [3.05, 3.63) is 29.8 Å². The average Bonchev–Trinajstić information content (AvgIpc) is 2.76. The van der Waals surface area contributed by atoms with Crippen LogP contribution in [-0.2, 0) is 19.6 Å². The quantitative estimate of drug-likeness (QED) is 0.680. The van der Waals surface area contributed by atoms with Crippen molar-refractivity contribution >= 4 is 27.7 Å². The Kier molecular flexibility index (Phi) is 5.23. The largest absolute Gasteiger partial charge is 0.480 e. The number of nitrogens with zero attached hydrogens (tertiary/aromatic N) is 1. The van der Waals surface area contributed by atoms with E-state index in [0.29, 0.717) is 12.0 Å². The van der Waals surface area contributed by atoms with Crippen LogP contribution in [0.15, 0.2) is 34.2 Å². The van der Waals surface area contributed by atoms with Gasteiger partial charge in [-0.3, -0.25) is 14.5 Å². The summed E-state index contributed by atoms with van der Waals surface area (Å²) >= 11 is 0. The molecule has 0 fully saturated rings. The number of aliphatic carboxylic acids is 1. The molecule has 2 rings (SSSR count). The van der Waals surface area contributed by atoms with Gasteiger partial charge in [-0.05, 0) is 24.5 Å². The third-order valence-corrected chi connectivity index (χ3v) is 4.78. The normalized spacial score (nSPS) is 18.0. The van der Waals surface area contributed by atoms with E-state index in [9.17, 15) is 18.0 Å². The summed E-state index contributed by atoms with van der Waals surface area (Å²) in [6.45, 7) is 3.34. The van der Waals surface area contributed by atoms with Gasteiger partial charge in [-0.25, -0.2) is 13.2 Å². The fraction of sp³-hybridized carbons (Fsp3) is 0.400. The molecule has 0 radical (unpaired) electrons. The number of carboxylic acid groups (broad SMARTS) is 1. The number of hydrogen-bond acceptors (Lipinski definition) is 5. The van der Waals surface area contributed by atoms with E-state index in [1.165, 1.54) is 6.07 Å². The highest BCUT2D eigenvalue weighted by Gasteiger charge is 2.30. The van der Waals surface area contributed by atoms with Crippen LogP contribution in [-0.4, -0.2) is 43.8 Å². The number of carboxylic acids is 1. The van der Waals surface area contributed by atoms with Gasteiger partial charge in [0.05, 0.1) is 4.90 Å². The van der Waals surface area contributed by atoms with Crippen LogP contribution >= 0.6 is 0 Å². The van der Waals surface area contributed by atoms with Gasteiger partial charge >= 0.3 is 5.97 Å². The minimum atomic E-state index is -3.66. The zero-order valence-electron chi connectivity index (χ0n) is 13.3. The van der Waals surface area contributed by atoms with Crippen molar-refractivity contribution < 1.29 is 23.1 Å². The molecule has 24 heavy (non-hydrogen) atoms. The van der Waals surface area contributed by atoms with Crippen LogP contribution in [0.2, 0.25) is 0 Å². The average molecular weight is 353 g/mol. The minimum absolute atomic E-state index is 0.0801. The Labute approximate surface area is 140 Å². The SMILES string of the molecule is CC(C)CC(NC(=O)CN=C1NS(=O)(=O)c2ccccc21)C(=O)O. The number of hydrogen-bond donors (Lipinski definition) is 3. The van der Waals surface area contributed by atoms with Crippen LogP contribution in [0.4, 0.5) is 0 Å². The number of fused-ring (bicyclic) bond motifs is 1. The molecule has 0 saturated carbocycles. The summed E-state index contributed by atoms with van der Waals surface area (Å²) in [5, 5.41) is 11.5. The standard InChI is InChI=1S/C15H19N3O5S/c1-9(2)7-11(15(20)21)17-13(19)8-16-14-10-5-3-4-6-12(10)24(22,23)18-14/h3-6,9,11H,7-8H2,1-2H3,(H,16,18)(H,17,19)(H,20,21). The summed E-state index contributed by atoms with van der Waals surface area (Å²) in [5.74, 6) is -1.52. The lowest BCUT2D eigenvalue weighted by molar-refractivity contribution is -0.142. The molecule has 0 saturated heterocycles. The van der Waals surface area contributed by atoms with E-state index >= 15 is 0 Å². The Balaban J connectivity index is 2.09. The summed E-state index contributed by atoms with van der Waals surface area (Å²) < 4.78 is 26.1. The van der Waals surface area contributed by atoms with Gasteiger partial charge in [0.2, 0.25) is 5.91 Å². The van der Waals surface area contributed by atoms with E-state index in [2.05, 4.69) is 15.0 Å². The smallest absolute Gasteiger partial charge is 0.326 e. The second-order valence-corrected chi connectivity index (χ2v) is 7.51. The van der Waals surface area contributed by atoms with Gasteiger partial charge in [0.15, 0.2) is 0 Å². The second-order valence-electron chi connectivity index (χ2n) is 5.85. The van der Waals surface area contributed by atoms with Crippen LogP contribution in [0.3, 0.4) is 0 Å². The molecule has 3 N–H and O–H groups in total. The molecule has 0 spiro atoms. The highest BCUT2D eigenvalue weighted by atomic mass is 32.2. The Morgan fingerprint density at radius 2 is 1.96 bits per heavy atom. The molecule has 0 aromatic heterocycles. The van der Waals surface area contributed by atoms with E-state index in [0.717, 1.165) is 0 Å². The first-order valence-corrected chi connectivity index (χ1v) is 8.88. The number of rotatable bonds is 6. The maximum atomic E-state index is 11.9. The summed E-state index contributed by atoms with van der Waals surface area (Å²) in [6, 6.07) is 5.30. The summed E-state index contributed by atoms with van der Waals surface area (Å²) in [6.07, 6.45) is 0.299. The highest BCUT2D eigenvalue weighted by molar-refractivity contribution is 7.90. The predicted molar refractivity (Wildman–Crippen MR) is 87.2 cm³/mol. The molecule has 1 amide bonds. The first kappa shape index (κ1) is 17.9. The number of benzene rings is 1. The van der Waals surface area contributed by atoms with Crippen LogP contribution in [0.5, 0.6) is 0 Å². The van der Waals surface area contributed by atoms with E-state index in [1.54, 1.807) is 18.2 Å². The van der Waals surface area contributed by atoms with Gasteiger partial charge in [0, 0.05) is 5.56 Å². The van der Waals surface area contributed by atoms with Crippen molar-refractivity contribution in [2.24, 2.45) is 10.9 Å². The molecule has 1 aliphatic rings. The van der Waals surface area contributed by atoms with Crippen LogP contribution < -0.4 is 10.0 Å². The predicted octanol–water partition coefficient (Wildman–Crippen LogP) is 0.341. The van der Waals surface area contributed by atoms with Crippen molar-refractivity contribution in [2.75, 3.05) is 6.54 Å². The maximum absolute atomic E-state index is 11.9. The molecule has 1 atom stereocenters. The van der Waals surface area contributed by atoms with E-state index in [-0.39, 0.29) is 23.2 Å². The Morgan fingerprint density at radius 1 is 1.29 bits per heavy atom. The monoisotopic (exact) mass is 353 g/mol. The summed E-state index contributed by atoms with van der Waals surface area (Å²) in [7, 11) is -3.66. The van der Waals surface area contributed by atoms with Crippen LogP contribution in [0, 0.1) is 5.92 Å². The summed E-state index contributed by atoms with van der Waals surface area (Å²) in [4.78, 5) is 27.1. The van der Waals surface area contributed by atoms with Crippen molar-refractivity contribution in [3.63, 3.8) is 0 Å². The molecule has 0 bridgehead atoms. The number of amides is 1. The fourth-order valence-corrected chi connectivity index (χ4v) is 3.59. The molecule has 0 aliphatic carbocycles. The van der Waals surface area contributed by atoms with E-state index in [1.807, 2.05) is 13.8 Å². The number of nitrogens with one attached hydrogen (secondary N) is 2. The first-order chi connectivity index (χ1) is 11.2. The number of carbonyl (C=O) groups is 2. The van der Waals surface area contributed by atoms with E-state index in [4.69, 9.17) is 5.11 Å². The van der Waals surface area contributed by atoms with Gasteiger partial charge in [0.1, 0.15) is 18.4 Å². The Morgan fingerprint density at radius 3 is 2.58 bits per heavy atom. The Bertz CT molecular complexity index is 786. The molecule has 1 aromatic carbocycles. The van der Waals surface area contributed by atoms with E-state index < -0.39 is 27.9 Å². The number of aliphatic imine (C=N–C) groups is 1. The Hall–Kier alpha value is -2.42. The zero-order valence-corrected chi connectivity index (χ0v) is 14.1. The lowest BCUT2D eigenvalue weighted by atomic mass is 10.0. The van der Waals surface area contributed by atoms with Gasteiger partial charge in [-0.15, -0.1) is 0 Å². The zero-order chi connectivity index (χ0) is 17.9. The third kappa shape index (κ3) is 4.10. The summed E-state index contributed by atoms with van der Waals surface area (Å²) in [5.41, 5.74) is 0.391. The van der Waals surface area contributed by atoms with Crippen LogP contribution in [0.1, 0.15) is 25.8 Å². The molecule has 1 aromatic rings. The third-order valence-electron chi connectivity index (χ3n) is 3.38. The van der Waals surface area contributed by atoms with Crippen molar-refractivity contribution in [3.8, 4) is 0 Å². The number of amidine groups is 1. The highest BCUT2D eigenvalue weighted by Crippen LogP contribution is 2.21. The van der Waals surface area contributed by atoms with Gasteiger partial charge in [-0.1, -0.05) is 26.0 Å². The molecule has 130 valence electrons. The van der Waals surface area contributed by atoms with Crippen molar-refractivity contribution in [2.45, 2.75) is 31.2 Å². The number of sulfonamides is 1. The molecule has 9 heteroatoms. The maximum Gasteiger partial charge on any atom is 0.326 e. The van der Waals surface area contributed by atoms with Crippen LogP contribution in [0.25, 0.3) is 0 Å².